The highest BCUT2D eigenvalue weighted by molar-refractivity contribution is 5.76. The molecule has 0 aromatic rings. The van der Waals surface area contributed by atoms with Gasteiger partial charge in [0.2, 0.25) is 0 Å². The van der Waals surface area contributed by atoms with Gasteiger partial charge in [0.1, 0.15) is 0 Å². The van der Waals surface area contributed by atoms with Crippen LogP contribution in [-0.4, -0.2) is 55.4 Å². The van der Waals surface area contributed by atoms with E-state index in [1.807, 2.05) is 0 Å². The molecule has 0 aromatic heterocycles. The van der Waals surface area contributed by atoms with E-state index < -0.39 is 0 Å². The summed E-state index contributed by atoms with van der Waals surface area (Å²) in [5.74, 6) is 0.286. The maximum absolute atomic E-state index is 7.20. The first-order valence-corrected chi connectivity index (χ1v) is 5.65. The number of nitrogens with zero attached hydrogens (tertiary/aromatic N) is 2. The first-order chi connectivity index (χ1) is 6.96. The lowest BCUT2D eigenvalue weighted by Crippen LogP contribution is -2.56. The number of hydrogen-bond donors (Lipinski definition) is 2. The topological polar surface area (TPSA) is 56.4 Å². The van der Waals surface area contributed by atoms with Crippen LogP contribution in [0.1, 0.15) is 25.7 Å². The Balaban J connectivity index is 2.35. The molecule has 0 aromatic carbocycles. The fourth-order valence-electron chi connectivity index (χ4n) is 2.22. The van der Waals surface area contributed by atoms with Crippen molar-refractivity contribution in [1.29, 1.82) is 5.41 Å². The van der Waals surface area contributed by atoms with E-state index in [-0.39, 0.29) is 5.84 Å². The molecule has 0 aliphatic heterocycles. The minimum absolute atomic E-state index is 0.286. The van der Waals surface area contributed by atoms with Gasteiger partial charge in [-0.15, -0.1) is 0 Å². The molecule has 0 amide bonds. The molecule has 0 bridgehead atoms. The normalized spacial score (nSPS) is 19.3. The van der Waals surface area contributed by atoms with Gasteiger partial charge in [-0.3, -0.25) is 5.41 Å². The number of rotatable bonds is 6. The summed E-state index contributed by atoms with van der Waals surface area (Å²) in [6, 6.07) is 0. The lowest BCUT2D eigenvalue weighted by atomic mass is 9.75. The Morgan fingerprint density at radius 2 is 1.93 bits per heavy atom. The molecule has 0 radical (unpaired) electrons. The van der Waals surface area contributed by atoms with Crippen molar-refractivity contribution in [1.82, 2.24) is 9.80 Å². The summed E-state index contributed by atoms with van der Waals surface area (Å²) in [4.78, 5) is 4.64. The first kappa shape index (κ1) is 12.5. The van der Waals surface area contributed by atoms with Gasteiger partial charge in [-0.2, -0.15) is 0 Å². The zero-order chi connectivity index (χ0) is 11.5. The van der Waals surface area contributed by atoms with E-state index in [1.54, 1.807) is 0 Å². The highest BCUT2D eigenvalue weighted by atomic mass is 15.2. The van der Waals surface area contributed by atoms with Gasteiger partial charge in [-0.05, 0) is 40.4 Å². The average molecular weight is 212 g/mol. The molecule has 0 saturated heterocycles. The predicted molar refractivity (Wildman–Crippen MR) is 64.3 cm³/mol. The van der Waals surface area contributed by atoms with Crippen molar-refractivity contribution in [2.45, 2.75) is 31.2 Å². The van der Waals surface area contributed by atoms with Crippen LogP contribution in [0, 0.1) is 5.41 Å². The number of nitrogens with two attached hydrogens (primary N) is 1. The van der Waals surface area contributed by atoms with Gasteiger partial charge in [0.25, 0.3) is 0 Å². The van der Waals surface area contributed by atoms with E-state index in [9.17, 15) is 0 Å². The second-order valence-electron chi connectivity index (χ2n) is 4.99. The van der Waals surface area contributed by atoms with Crippen LogP contribution < -0.4 is 5.73 Å². The fraction of sp³-hybridized carbons (Fsp3) is 0.909. The molecular formula is C11H24N4. The van der Waals surface area contributed by atoms with Gasteiger partial charge in [0, 0.05) is 25.0 Å². The van der Waals surface area contributed by atoms with Crippen LogP contribution >= 0.6 is 0 Å². The molecule has 4 heteroatoms. The number of amidine groups is 1. The summed E-state index contributed by atoms with van der Waals surface area (Å²) in [6.45, 7) is 1.98. The largest absolute Gasteiger partial charge is 0.388 e. The molecule has 1 saturated carbocycles. The van der Waals surface area contributed by atoms with E-state index in [1.165, 1.54) is 19.3 Å². The van der Waals surface area contributed by atoms with Crippen LogP contribution in [0.15, 0.2) is 0 Å². The van der Waals surface area contributed by atoms with Crippen LogP contribution in [0.2, 0.25) is 0 Å². The maximum atomic E-state index is 7.20. The van der Waals surface area contributed by atoms with E-state index in [4.69, 9.17) is 11.1 Å². The van der Waals surface area contributed by atoms with E-state index in [2.05, 4.69) is 30.9 Å². The Labute approximate surface area is 92.9 Å². The van der Waals surface area contributed by atoms with Crippen LogP contribution in [0.4, 0.5) is 0 Å². The Bertz CT molecular complexity index is 221. The third-order valence-electron chi connectivity index (χ3n) is 3.56. The van der Waals surface area contributed by atoms with Crippen molar-refractivity contribution in [3.63, 3.8) is 0 Å². The molecule has 1 rings (SSSR count). The van der Waals surface area contributed by atoms with Crippen LogP contribution in [0.25, 0.3) is 0 Å². The van der Waals surface area contributed by atoms with Crippen molar-refractivity contribution in [2.24, 2.45) is 5.73 Å². The molecule has 0 unspecified atom stereocenters. The fourth-order valence-corrected chi connectivity index (χ4v) is 2.22. The molecule has 4 nitrogen and oxygen atoms in total. The quantitative estimate of drug-likeness (QED) is 0.504. The molecule has 0 spiro atoms. The molecule has 1 aliphatic carbocycles. The highest BCUT2D eigenvalue weighted by Gasteiger charge is 2.39. The zero-order valence-corrected chi connectivity index (χ0v) is 10.2. The van der Waals surface area contributed by atoms with Crippen LogP contribution in [0.3, 0.4) is 0 Å². The second-order valence-corrected chi connectivity index (χ2v) is 4.99. The molecule has 1 fully saturated rings. The predicted octanol–water partition coefficient (Wildman–Crippen LogP) is 0.729. The number of nitrogens with one attached hydrogen (secondary N) is 1. The summed E-state index contributed by atoms with van der Waals surface area (Å²) in [6.07, 6.45) is 4.62. The van der Waals surface area contributed by atoms with Crippen molar-refractivity contribution < 1.29 is 0 Å². The summed E-state index contributed by atoms with van der Waals surface area (Å²) in [7, 11) is 6.45. The van der Waals surface area contributed by atoms with Crippen molar-refractivity contribution in [3.05, 3.63) is 0 Å². The van der Waals surface area contributed by atoms with Crippen LogP contribution in [0.5, 0.6) is 0 Å². The van der Waals surface area contributed by atoms with Gasteiger partial charge in [0.15, 0.2) is 0 Å². The lowest BCUT2D eigenvalue weighted by Gasteiger charge is -2.49. The third kappa shape index (κ3) is 3.18. The molecule has 15 heavy (non-hydrogen) atoms. The molecule has 0 atom stereocenters. The van der Waals surface area contributed by atoms with Crippen molar-refractivity contribution in [2.75, 3.05) is 34.2 Å². The van der Waals surface area contributed by atoms with Crippen LogP contribution in [-0.2, 0) is 0 Å². The summed E-state index contributed by atoms with van der Waals surface area (Å²) < 4.78 is 0. The first-order valence-electron chi connectivity index (χ1n) is 5.65. The second kappa shape index (κ2) is 4.94. The molecule has 0 heterocycles. The Morgan fingerprint density at radius 1 is 1.33 bits per heavy atom. The lowest BCUT2D eigenvalue weighted by molar-refractivity contribution is 0.0285. The van der Waals surface area contributed by atoms with E-state index >= 15 is 0 Å². The monoisotopic (exact) mass is 212 g/mol. The smallest absolute Gasteiger partial charge is 0.0918 e. The Morgan fingerprint density at radius 3 is 2.27 bits per heavy atom. The van der Waals surface area contributed by atoms with Gasteiger partial charge in [-0.25, -0.2) is 0 Å². The van der Waals surface area contributed by atoms with Gasteiger partial charge in [0.05, 0.1) is 5.84 Å². The third-order valence-corrected chi connectivity index (χ3v) is 3.56. The number of likely N-dealkylation sites (N-methyl/N-ethyl adjacent to an activating group) is 2. The Hall–Kier alpha value is -0.610. The van der Waals surface area contributed by atoms with E-state index in [0.717, 1.165) is 13.1 Å². The number of hydrogen-bond acceptors (Lipinski definition) is 3. The summed E-state index contributed by atoms with van der Waals surface area (Å²) in [5, 5.41) is 7.20. The van der Waals surface area contributed by atoms with Gasteiger partial charge in [-0.1, -0.05) is 0 Å². The minimum atomic E-state index is 0.286. The van der Waals surface area contributed by atoms with E-state index in [0.29, 0.717) is 12.0 Å². The molecule has 1 aliphatic rings. The van der Waals surface area contributed by atoms with Crippen molar-refractivity contribution >= 4 is 5.84 Å². The summed E-state index contributed by atoms with van der Waals surface area (Å²) in [5.41, 5.74) is 5.74. The molecule has 3 N–H and O–H groups in total. The minimum Gasteiger partial charge on any atom is -0.388 e. The van der Waals surface area contributed by atoms with Gasteiger partial charge < -0.3 is 15.5 Å². The molecular weight excluding hydrogens is 188 g/mol. The standard InChI is InChI=1S/C11H24N4/c1-14(2)11(6-4-7-11)9-15(3)8-5-10(12)13/h4-9H2,1-3H3,(H3,12,13). The average Bonchev–Trinajstić information content (AvgIpc) is 2.07. The SMILES string of the molecule is CN(CCC(=N)N)CC1(N(C)C)CCC1. The molecule has 88 valence electrons. The van der Waals surface area contributed by atoms with Crippen molar-refractivity contribution in [3.8, 4) is 0 Å². The van der Waals surface area contributed by atoms with Gasteiger partial charge >= 0.3 is 0 Å². The summed E-state index contributed by atoms with van der Waals surface area (Å²) >= 11 is 0. The maximum Gasteiger partial charge on any atom is 0.0918 e. The zero-order valence-electron chi connectivity index (χ0n) is 10.2. The highest BCUT2D eigenvalue weighted by Crippen LogP contribution is 2.36. The Kier molecular flexibility index (Phi) is 4.11.